The zero-order chi connectivity index (χ0) is 17.1. The summed E-state index contributed by atoms with van der Waals surface area (Å²) in [6.45, 7) is 6.49. The van der Waals surface area contributed by atoms with Crippen LogP contribution in [0.15, 0.2) is 12.4 Å². The number of ether oxygens (including phenoxy) is 1. The zero-order valence-corrected chi connectivity index (χ0v) is 15.1. The number of aromatic nitrogens is 2. The van der Waals surface area contributed by atoms with Gasteiger partial charge in [-0.3, -0.25) is 14.4 Å². The van der Waals surface area contributed by atoms with Crippen LogP contribution in [0.1, 0.15) is 37.8 Å². The Kier molecular flexibility index (Phi) is 5.56. The Labute approximate surface area is 144 Å². The van der Waals surface area contributed by atoms with E-state index >= 15 is 0 Å². The fourth-order valence-electron chi connectivity index (χ4n) is 4.26. The second-order valence-electron chi connectivity index (χ2n) is 7.20. The predicted octanol–water partition coefficient (Wildman–Crippen LogP) is 1.69. The molecule has 0 aliphatic carbocycles. The minimum absolute atomic E-state index is 0.0534. The highest BCUT2D eigenvalue weighted by atomic mass is 16.5. The van der Waals surface area contributed by atoms with E-state index in [1.54, 1.807) is 0 Å². The number of piperidine rings is 1. The summed E-state index contributed by atoms with van der Waals surface area (Å²) in [5.41, 5.74) is 1.27. The van der Waals surface area contributed by atoms with Crippen LogP contribution in [0, 0.1) is 11.8 Å². The van der Waals surface area contributed by atoms with Gasteiger partial charge in [-0.15, -0.1) is 0 Å². The lowest BCUT2D eigenvalue weighted by Gasteiger charge is -2.42. The Bertz CT molecular complexity index is 553. The van der Waals surface area contributed by atoms with Gasteiger partial charge in [-0.2, -0.15) is 5.10 Å². The van der Waals surface area contributed by atoms with Crippen molar-refractivity contribution in [1.82, 2.24) is 19.6 Å². The van der Waals surface area contributed by atoms with Gasteiger partial charge < -0.3 is 9.64 Å². The predicted molar refractivity (Wildman–Crippen MR) is 92.5 cm³/mol. The summed E-state index contributed by atoms with van der Waals surface area (Å²) < 4.78 is 7.25. The molecule has 0 radical (unpaired) electrons. The average molecular weight is 334 g/mol. The largest absolute Gasteiger partial charge is 0.381 e. The van der Waals surface area contributed by atoms with E-state index in [2.05, 4.69) is 23.1 Å². The quantitative estimate of drug-likeness (QED) is 0.822. The number of aryl methyl sites for hydroxylation is 1. The SMILES string of the molecule is CCN1CCC[C@@H](CN(C)C(=O)C2CCOC2)[C@@H]1c1cnn(C)c1. The van der Waals surface area contributed by atoms with Gasteiger partial charge in [-0.05, 0) is 38.3 Å². The van der Waals surface area contributed by atoms with Gasteiger partial charge in [0.2, 0.25) is 5.91 Å². The van der Waals surface area contributed by atoms with Crippen LogP contribution < -0.4 is 0 Å². The molecule has 24 heavy (non-hydrogen) atoms. The molecule has 2 aliphatic rings. The van der Waals surface area contributed by atoms with E-state index in [1.165, 1.54) is 12.0 Å². The molecule has 2 saturated heterocycles. The Balaban J connectivity index is 1.72. The number of hydrogen-bond acceptors (Lipinski definition) is 4. The first-order chi connectivity index (χ1) is 11.6. The van der Waals surface area contributed by atoms with E-state index in [0.717, 1.165) is 39.1 Å². The molecular weight excluding hydrogens is 304 g/mol. The van der Waals surface area contributed by atoms with Crippen LogP contribution >= 0.6 is 0 Å². The Hall–Kier alpha value is -1.40. The first-order valence-electron chi connectivity index (χ1n) is 9.15. The van der Waals surface area contributed by atoms with Gasteiger partial charge in [0.05, 0.1) is 18.7 Å². The van der Waals surface area contributed by atoms with Gasteiger partial charge in [0.1, 0.15) is 0 Å². The van der Waals surface area contributed by atoms with Crippen LogP contribution in [-0.4, -0.2) is 65.4 Å². The van der Waals surface area contributed by atoms with Crippen molar-refractivity contribution in [1.29, 1.82) is 0 Å². The molecule has 0 bridgehead atoms. The van der Waals surface area contributed by atoms with Crippen molar-refractivity contribution in [2.24, 2.45) is 18.9 Å². The fraction of sp³-hybridized carbons (Fsp3) is 0.778. The van der Waals surface area contributed by atoms with Crippen LogP contribution in [0.2, 0.25) is 0 Å². The summed E-state index contributed by atoms with van der Waals surface area (Å²) in [5.74, 6) is 0.753. The van der Waals surface area contributed by atoms with Gasteiger partial charge in [0.25, 0.3) is 0 Å². The average Bonchev–Trinajstić information content (AvgIpc) is 3.25. The third kappa shape index (κ3) is 3.64. The molecule has 2 aliphatic heterocycles. The van der Waals surface area contributed by atoms with Gasteiger partial charge in [0.15, 0.2) is 0 Å². The highest BCUT2D eigenvalue weighted by molar-refractivity contribution is 5.79. The van der Waals surface area contributed by atoms with Gasteiger partial charge in [0, 0.05) is 45.0 Å². The van der Waals surface area contributed by atoms with E-state index in [1.807, 2.05) is 29.9 Å². The minimum Gasteiger partial charge on any atom is -0.381 e. The van der Waals surface area contributed by atoms with Crippen LogP contribution in [0.3, 0.4) is 0 Å². The number of carbonyl (C=O) groups is 1. The summed E-state index contributed by atoms with van der Waals surface area (Å²) in [7, 11) is 3.92. The molecule has 6 nitrogen and oxygen atoms in total. The molecule has 0 aromatic carbocycles. The number of rotatable bonds is 5. The Morgan fingerprint density at radius 3 is 2.92 bits per heavy atom. The smallest absolute Gasteiger partial charge is 0.227 e. The van der Waals surface area contributed by atoms with Crippen LogP contribution in [-0.2, 0) is 16.6 Å². The number of carbonyl (C=O) groups excluding carboxylic acids is 1. The van der Waals surface area contributed by atoms with Gasteiger partial charge in [-0.1, -0.05) is 6.92 Å². The molecule has 1 aromatic heterocycles. The monoisotopic (exact) mass is 334 g/mol. The van der Waals surface area contributed by atoms with E-state index in [9.17, 15) is 4.79 Å². The molecule has 3 rings (SSSR count). The number of amides is 1. The van der Waals surface area contributed by atoms with E-state index < -0.39 is 0 Å². The topological polar surface area (TPSA) is 50.6 Å². The molecule has 0 spiro atoms. The standard InChI is InChI=1S/C18H30N4O2/c1-4-22-8-5-6-14(17(22)16-10-19-21(3)12-16)11-20(2)18(23)15-7-9-24-13-15/h10,12,14-15,17H,4-9,11,13H2,1-3H3/t14-,15?,17+/m0/s1. The molecule has 134 valence electrons. The summed E-state index contributed by atoms with van der Waals surface area (Å²) in [6.07, 6.45) is 7.33. The van der Waals surface area contributed by atoms with Crippen molar-refractivity contribution in [2.45, 2.75) is 32.2 Å². The summed E-state index contributed by atoms with van der Waals surface area (Å²) >= 11 is 0. The summed E-state index contributed by atoms with van der Waals surface area (Å²) in [6, 6.07) is 0.354. The maximum absolute atomic E-state index is 12.6. The molecule has 1 aromatic rings. The van der Waals surface area contributed by atoms with Crippen LogP contribution in [0.4, 0.5) is 0 Å². The maximum Gasteiger partial charge on any atom is 0.227 e. The van der Waals surface area contributed by atoms with Crippen molar-refractivity contribution < 1.29 is 9.53 Å². The molecule has 1 unspecified atom stereocenters. The second kappa shape index (κ2) is 7.66. The van der Waals surface area contributed by atoms with Crippen LogP contribution in [0.5, 0.6) is 0 Å². The minimum atomic E-state index is 0.0534. The lowest BCUT2D eigenvalue weighted by molar-refractivity contribution is -0.135. The lowest BCUT2D eigenvalue weighted by atomic mass is 9.85. The first-order valence-corrected chi connectivity index (χ1v) is 9.15. The Morgan fingerprint density at radius 1 is 1.46 bits per heavy atom. The number of likely N-dealkylation sites (tertiary alicyclic amines) is 1. The molecule has 1 amide bonds. The molecule has 3 heterocycles. The van der Waals surface area contributed by atoms with E-state index in [4.69, 9.17) is 4.74 Å². The van der Waals surface area contributed by atoms with Crippen molar-refractivity contribution >= 4 is 5.91 Å². The summed E-state index contributed by atoms with van der Waals surface area (Å²) in [5, 5.41) is 4.37. The Morgan fingerprint density at radius 2 is 2.29 bits per heavy atom. The van der Waals surface area contributed by atoms with Crippen LogP contribution in [0.25, 0.3) is 0 Å². The van der Waals surface area contributed by atoms with E-state index in [0.29, 0.717) is 18.6 Å². The fourth-order valence-corrected chi connectivity index (χ4v) is 4.26. The summed E-state index contributed by atoms with van der Waals surface area (Å²) in [4.78, 5) is 17.1. The molecule has 6 heteroatoms. The van der Waals surface area contributed by atoms with Crippen molar-refractivity contribution in [2.75, 3.05) is 39.9 Å². The zero-order valence-electron chi connectivity index (χ0n) is 15.1. The molecule has 2 fully saturated rings. The maximum atomic E-state index is 12.6. The third-order valence-electron chi connectivity index (χ3n) is 5.50. The molecular formula is C18H30N4O2. The van der Waals surface area contributed by atoms with E-state index in [-0.39, 0.29) is 11.8 Å². The number of hydrogen-bond donors (Lipinski definition) is 0. The van der Waals surface area contributed by atoms with Gasteiger partial charge >= 0.3 is 0 Å². The molecule has 3 atom stereocenters. The normalized spacial score (nSPS) is 28.2. The third-order valence-corrected chi connectivity index (χ3v) is 5.50. The van der Waals surface area contributed by atoms with Crippen molar-refractivity contribution in [3.8, 4) is 0 Å². The number of nitrogens with zero attached hydrogens (tertiary/aromatic N) is 4. The lowest BCUT2D eigenvalue weighted by Crippen LogP contribution is -2.45. The van der Waals surface area contributed by atoms with Gasteiger partial charge in [-0.25, -0.2) is 0 Å². The molecule has 0 N–H and O–H groups in total. The van der Waals surface area contributed by atoms with Crippen molar-refractivity contribution in [3.63, 3.8) is 0 Å². The molecule has 0 saturated carbocycles. The van der Waals surface area contributed by atoms with Crippen molar-refractivity contribution in [3.05, 3.63) is 18.0 Å². The highest BCUT2D eigenvalue weighted by Gasteiger charge is 2.35. The second-order valence-corrected chi connectivity index (χ2v) is 7.20. The first kappa shape index (κ1) is 17.4. The highest BCUT2D eigenvalue weighted by Crippen LogP contribution is 2.36.